The van der Waals surface area contributed by atoms with Crippen LogP contribution >= 0.6 is 11.6 Å². The van der Waals surface area contributed by atoms with Crippen molar-refractivity contribution in [1.29, 1.82) is 0 Å². The number of hydrogen-bond acceptors (Lipinski definition) is 5. The summed E-state index contributed by atoms with van der Waals surface area (Å²) in [6.45, 7) is 4.10. The molecule has 1 atom stereocenters. The van der Waals surface area contributed by atoms with E-state index in [1.165, 1.54) is 19.2 Å². The van der Waals surface area contributed by atoms with Crippen molar-refractivity contribution in [3.63, 3.8) is 0 Å². The molecule has 2 N–H and O–H groups in total. The monoisotopic (exact) mass is 502 g/mol. The first-order chi connectivity index (χ1) is 16.2. The maximum atomic E-state index is 13.2. The summed E-state index contributed by atoms with van der Waals surface area (Å²) in [4.78, 5) is 13.2. The highest BCUT2D eigenvalue weighted by Crippen LogP contribution is 2.27. The average molecular weight is 503 g/mol. The SMILES string of the molecule is CCOc1ccc(S(=O)(=O)N[C@H](Cc2ccccc2)C(=O)Nc2ccc(OC)c(Cl)c2)cc1C. The number of halogens is 1. The molecule has 0 bridgehead atoms. The Hall–Kier alpha value is -3.07. The number of sulfonamides is 1. The molecule has 0 fully saturated rings. The molecule has 0 aliphatic heterocycles. The molecule has 3 rings (SSSR count). The fourth-order valence-electron chi connectivity index (χ4n) is 3.37. The number of benzene rings is 3. The van der Waals surface area contributed by atoms with Gasteiger partial charge in [0, 0.05) is 5.69 Å². The molecular formula is C25H27ClN2O5S. The van der Waals surface area contributed by atoms with Gasteiger partial charge in [0.05, 0.1) is 23.6 Å². The highest BCUT2D eigenvalue weighted by molar-refractivity contribution is 7.89. The van der Waals surface area contributed by atoms with Crippen LogP contribution in [0.5, 0.6) is 11.5 Å². The second-order valence-electron chi connectivity index (χ2n) is 7.56. The molecule has 0 heterocycles. The standard InChI is InChI=1S/C25H27ClN2O5S/c1-4-33-23-13-11-20(14-17(23)2)34(30,31)28-22(15-18-8-6-5-7-9-18)25(29)27-19-10-12-24(32-3)21(26)16-19/h5-14,16,22,28H,4,15H2,1-3H3,(H,27,29)/t22-/m1/s1. The molecule has 0 unspecified atom stereocenters. The van der Waals surface area contributed by atoms with Crippen molar-refractivity contribution in [2.45, 2.75) is 31.2 Å². The van der Waals surface area contributed by atoms with E-state index in [-0.39, 0.29) is 11.3 Å². The average Bonchev–Trinajstić information content (AvgIpc) is 2.80. The summed E-state index contributed by atoms with van der Waals surface area (Å²) >= 11 is 6.16. The Morgan fingerprint density at radius 1 is 1.03 bits per heavy atom. The third-order valence-electron chi connectivity index (χ3n) is 5.07. The molecule has 3 aromatic carbocycles. The van der Waals surface area contributed by atoms with Crippen LogP contribution in [0.15, 0.2) is 71.6 Å². The van der Waals surface area contributed by atoms with E-state index in [0.717, 1.165) is 5.56 Å². The van der Waals surface area contributed by atoms with Crippen LogP contribution in [0.2, 0.25) is 5.02 Å². The molecule has 0 aliphatic carbocycles. The van der Waals surface area contributed by atoms with E-state index in [0.29, 0.717) is 34.4 Å². The van der Waals surface area contributed by atoms with Gasteiger partial charge in [-0.2, -0.15) is 4.72 Å². The third kappa shape index (κ3) is 6.50. The summed E-state index contributed by atoms with van der Waals surface area (Å²) in [5.74, 6) is 0.555. The molecule has 0 saturated heterocycles. The quantitative estimate of drug-likeness (QED) is 0.423. The van der Waals surface area contributed by atoms with E-state index in [4.69, 9.17) is 21.1 Å². The van der Waals surface area contributed by atoms with E-state index in [9.17, 15) is 13.2 Å². The predicted molar refractivity (Wildman–Crippen MR) is 133 cm³/mol. The number of amides is 1. The minimum absolute atomic E-state index is 0.0480. The van der Waals surface area contributed by atoms with E-state index in [1.54, 1.807) is 31.2 Å². The van der Waals surface area contributed by atoms with Crippen molar-refractivity contribution >= 4 is 33.2 Å². The second-order valence-corrected chi connectivity index (χ2v) is 9.68. The number of ether oxygens (including phenoxy) is 2. The molecule has 7 nitrogen and oxygen atoms in total. The van der Waals surface area contributed by atoms with Gasteiger partial charge in [0.1, 0.15) is 17.5 Å². The van der Waals surface area contributed by atoms with Crippen LogP contribution in [0.1, 0.15) is 18.1 Å². The lowest BCUT2D eigenvalue weighted by atomic mass is 10.1. The topological polar surface area (TPSA) is 93.7 Å². The van der Waals surface area contributed by atoms with Crippen LogP contribution in [0.25, 0.3) is 0 Å². The van der Waals surface area contributed by atoms with E-state index in [1.807, 2.05) is 37.3 Å². The Balaban J connectivity index is 1.87. The first-order valence-corrected chi connectivity index (χ1v) is 12.5. The fourth-order valence-corrected chi connectivity index (χ4v) is 4.91. The van der Waals surface area contributed by atoms with Gasteiger partial charge in [0.25, 0.3) is 0 Å². The lowest BCUT2D eigenvalue weighted by molar-refractivity contribution is -0.117. The number of hydrogen-bond donors (Lipinski definition) is 2. The minimum Gasteiger partial charge on any atom is -0.495 e. The molecule has 0 radical (unpaired) electrons. The summed E-state index contributed by atoms with van der Waals surface area (Å²) < 4.78 is 39.5. The lowest BCUT2D eigenvalue weighted by Crippen LogP contribution is -2.45. The zero-order valence-corrected chi connectivity index (χ0v) is 20.7. The Bertz CT molecular complexity index is 1250. The zero-order chi connectivity index (χ0) is 24.7. The summed E-state index contributed by atoms with van der Waals surface area (Å²) in [5, 5.41) is 3.06. The molecule has 0 aliphatic rings. The van der Waals surface area contributed by atoms with Crippen LogP contribution in [0.4, 0.5) is 5.69 Å². The fraction of sp³-hybridized carbons (Fsp3) is 0.240. The van der Waals surface area contributed by atoms with Gasteiger partial charge in [0.2, 0.25) is 15.9 Å². The Morgan fingerprint density at radius 2 is 1.74 bits per heavy atom. The number of aryl methyl sites for hydroxylation is 1. The van der Waals surface area contributed by atoms with Crippen molar-refractivity contribution in [2.24, 2.45) is 0 Å². The molecule has 0 spiro atoms. The highest BCUT2D eigenvalue weighted by atomic mass is 35.5. The van der Waals surface area contributed by atoms with Crippen LogP contribution in [0, 0.1) is 6.92 Å². The normalized spacial score (nSPS) is 12.1. The summed E-state index contributed by atoms with van der Waals surface area (Å²) in [6, 6.07) is 17.5. The number of anilines is 1. The number of carbonyl (C=O) groups is 1. The van der Waals surface area contributed by atoms with Crippen molar-refractivity contribution in [3.8, 4) is 11.5 Å². The van der Waals surface area contributed by atoms with Gasteiger partial charge in [0.15, 0.2) is 0 Å². The van der Waals surface area contributed by atoms with Gasteiger partial charge in [-0.05, 0) is 67.8 Å². The van der Waals surface area contributed by atoms with Crippen LogP contribution in [0.3, 0.4) is 0 Å². The van der Waals surface area contributed by atoms with Crippen LogP contribution in [-0.2, 0) is 21.2 Å². The third-order valence-corrected chi connectivity index (χ3v) is 6.84. The Labute approximate surface area is 205 Å². The smallest absolute Gasteiger partial charge is 0.242 e. The van der Waals surface area contributed by atoms with Gasteiger partial charge < -0.3 is 14.8 Å². The van der Waals surface area contributed by atoms with E-state index >= 15 is 0 Å². The maximum absolute atomic E-state index is 13.2. The molecule has 180 valence electrons. The summed E-state index contributed by atoms with van der Waals surface area (Å²) in [5.41, 5.74) is 1.91. The lowest BCUT2D eigenvalue weighted by Gasteiger charge is -2.19. The van der Waals surface area contributed by atoms with Gasteiger partial charge in [-0.3, -0.25) is 4.79 Å². The molecule has 0 saturated carbocycles. The first-order valence-electron chi connectivity index (χ1n) is 10.7. The predicted octanol–water partition coefficient (Wildman–Crippen LogP) is 4.58. The molecule has 0 aromatic heterocycles. The van der Waals surface area contributed by atoms with E-state index < -0.39 is 22.0 Å². The van der Waals surface area contributed by atoms with Gasteiger partial charge in [-0.1, -0.05) is 41.9 Å². The van der Waals surface area contributed by atoms with Gasteiger partial charge >= 0.3 is 0 Å². The molecule has 3 aromatic rings. The first kappa shape index (κ1) is 25.6. The zero-order valence-electron chi connectivity index (χ0n) is 19.2. The number of rotatable bonds is 10. The van der Waals surface area contributed by atoms with Crippen molar-refractivity contribution in [1.82, 2.24) is 4.72 Å². The van der Waals surface area contributed by atoms with Gasteiger partial charge in [-0.15, -0.1) is 0 Å². The van der Waals surface area contributed by atoms with E-state index in [2.05, 4.69) is 10.0 Å². The van der Waals surface area contributed by atoms with Gasteiger partial charge in [-0.25, -0.2) is 8.42 Å². The highest BCUT2D eigenvalue weighted by Gasteiger charge is 2.27. The van der Waals surface area contributed by atoms with Crippen molar-refractivity contribution < 1.29 is 22.7 Å². The summed E-state index contributed by atoms with van der Waals surface area (Å²) in [6.07, 6.45) is 0.159. The molecule has 1 amide bonds. The Morgan fingerprint density at radius 3 is 2.35 bits per heavy atom. The maximum Gasteiger partial charge on any atom is 0.242 e. The minimum atomic E-state index is -4.00. The van der Waals surface area contributed by atoms with Crippen LogP contribution in [-0.4, -0.2) is 34.1 Å². The number of carbonyl (C=O) groups excluding carboxylic acids is 1. The molecule has 9 heteroatoms. The largest absolute Gasteiger partial charge is 0.495 e. The Kier molecular flexibility index (Phi) is 8.55. The molecule has 34 heavy (non-hydrogen) atoms. The number of methoxy groups -OCH3 is 1. The number of nitrogens with one attached hydrogen (secondary N) is 2. The molecular weight excluding hydrogens is 476 g/mol. The van der Waals surface area contributed by atoms with Crippen molar-refractivity contribution in [2.75, 3.05) is 19.0 Å². The summed E-state index contributed by atoms with van der Waals surface area (Å²) in [7, 11) is -2.51. The van der Waals surface area contributed by atoms with Crippen LogP contribution < -0.4 is 19.5 Å². The van der Waals surface area contributed by atoms with Crippen molar-refractivity contribution in [3.05, 3.63) is 82.9 Å². The second kappa shape index (κ2) is 11.4.